The fraction of sp³-hybridized carbons (Fsp3) is 0.0769. The quantitative estimate of drug-likeness (QED) is 0.859. The Bertz CT molecular complexity index is 558. The number of hydrogen-bond acceptors (Lipinski definition) is 3. The van der Waals surface area contributed by atoms with Gasteiger partial charge in [-0.3, -0.25) is 0 Å². The first kappa shape index (κ1) is 12.5. The van der Waals surface area contributed by atoms with E-state index in [0.29, 0.717) is 16.5 Å². The van der Waals surface area contributed by atoms with E-state index in [1.54, 1.807) is 24.3 Å². The van der Waals surface area contributed by atoms with Gasteiger partial charge in [0.15, 0.2) is 11.6 Å². The smallest absolute Gasteiger partial charge is 0.168 e. The van der Waals surface area contributed by atoms with Crippen LogP contribution in [0.2, 0.25) is 5.02 Å². The number of methoxy groups -OCH3 is 1. The fourth-order valence-electron chi connectivity index (χ4n) is 1.43. The number of benzene rings is 2. The predicted octanol–water partition coefficient (Wildman–Crippen LogP) is 3.86. The Balaban J connectivity index is 2.31. The molecule has 0 atom stereocenters. The molecule has 94 valence electrons. The Morgan fingerprint density at radius 3 is 2.39 bits per heavy atom. The number of rotatable bonds is 3. The van der Waals surface area contributed by atoms with Crippen molar-refractivity contribution in [2.24, 2.45) is 0 Å². The van der Waals surface area contributed by atoms with Crippen molar-refractivity contribution in [3.05, 3.63) is 47.2 Å². The first-order chi connectivity index (χ1) is 8.60. The van der Waals surface area contributed by atoms with Gasteiger partial charge in [0.2, 0.25) is 0 Å². The highest BCUT2D eigenvalue weighted by atomic mass is 35.5. The van der Waals surface area contributed by atoms with Crippen molar-refractivity contribution in [2.75, 3.05) is 12.8 Å². The van der Waals surface area contributed by atoms with E-state index in [-0.39, 0.29) is 11.4 Å². The highest BCUT2D eigenvalue weighted by Crippen LogP contribution is 2.33. The molecule has 2 aromatic carbocycles. The Morgan fingerprint density at radius 1 is 1.11 bits per heavy atom. The van der Waals surface area contributed by atoms with Crippen molar-refractivity contribution in [3.8, 4) is 17.2 Å². The largest absolute Gasteiger partial charge is 0.494 e. The average Bonchev–Trinajstić information content (AvgIpc) is 2.35. The molecule has 0 amide bonds. The Labute approximate surface area is 109 Å². The summed E-state index contributed by atoms with van der Waals surface area (Å²) >= 11 is 5.75. The van der Waals surface area contributed by atoms with E-state index in [1.165, 1.54) is 13.2 Å². The fourth-order valence-corrected chi connectivity index (χ4v) is 1.56. The van der Waals surface area contributed by atoms with E-state index in [1.807, 2.05) is 0 Å². The van der Waals surface area contributed by atoms with Gasteiger partial charge in [0.1, 0.15) is 11.5 Å². The molecule has 0 aliphatic carbocycles. The van der Waals surface area contributed by atoms with Gasteiger partial charge in [0.05, 0.1) is 12.8 Å². The Morgan fingerprint density at radius 2 is 1.78 bits per heavy atom. The lowest BCUT2D eigenvalue weighted by atomic mass is 10.2. The molecule has 0 saturated carbocycles. The molecule has 2 N–H and O–H groups in total. The van der Waals surface area contributed by atoms with Crippen LogP contribution in [0.5, 0.6) is 17.2 Å². The third-order valence-corrected chi connectivity index (χ3v) is 2.58. The number of halogens is 2. The van der Waals surface area contributed by atoms with Gasteiger partial charge in [-0.25, -0.2) is 4.39 Å². The second kappa shape index (κ2) is 5.14. The Hall–Kier alpha value is -1.94. The zero-order chi connectivity index (χ0) is 13.1. The molecular weight excluding hydrogens is 257 g/mol. The van der Waals surface area contributed by atoms with E-state index in [2.05, 4.69) is 0 Å². The molecule has 5 heteroatoms. The number of ether oxygens (including phenoxy) is 2. The molecule has 0 radical (unpaired) electrons. The van der Waals surface area contributed by atoms with Crippen LogP contribution in [0.15, 0.2) is 36.4 Å². The van der Waals surface area contributed by atoms with Crippen LogP contribution in [0, 0.1) is 5.82 Å². The maximum atomic E-state index is 13.6. The van der Waals surface area contributed by atoms with Crippen LogP contribution in [0.4, 0.5) is 10.1 Å². The summed E-state index contributed by atoms with van der Waals surface area (Å²) in [4.78, 5) is 0. The van der Waals surface area contributed by atoms with E-state index >= 15 is 0 Å². The summed E-state index contributed by atoms with van der Waals surface area (Å²) in [7, 11) is 1.45. The van der Waals surface area contributed by atoms with Crippen LogP contribution in [-0.2, 0) is 0 Å². The summed E-state index contributed by atoms with van der Waals surface area (Å²) in [5.41, 5.74) is 5.80. The van der Waals surface area contributed by atoms with Crippen molar-refractivity contribution in [1.29, 1.82) is 0 Å². The van der Waals surface area contributed by atoms with Crippen molar-refractivity contribution in [3.63, 3.8) is 0 Å². The van der Waals surface area contributed by atoms with Crippen LogP contribution < -0.4 is 15.2 Å². The van der Waals surface area contributed by atoms with Crippen molar-refractivity contribution in [1.82, 2.24) is 0 Å². The molecule has 2 rings (SSSR count). The topological polar surface area (TPSA) is 44.5 Å². The van der Waals surface area contributed by atoms with E-state index in [9.17, 15) is 4.39 Å². The molecule has 0 aromatic heterocycles. The molecule has 0 bridgehead atoms. The molecule has 0 fully saturated rings. The van der Waals surface area contributed by atoms with Crippen molar-refractivity contribution in [2.45, 2.75) is 0 Å². The molecule has 0 aliphatic heterocycles. The number of nitrogen functional groups attached to an aromatic ring is 1. The lowest BCUT2D eigenvalue weighted by Gasteiger charge is -2.10. The predicted molar refractivity (Wildman–Crippen MR) is 68.9 cm³/mol. The van der Waals surface area contributed by atoms with Gasteiger partial charge in [-0.05, 0) is 24.3 Å². The van der Waals surface area contributed by atoms with Gasteiger partial charge in [-0.1, -0.05) is 11.6 Å². The van der Waals surface area contributed by atoms with Crippen LogP contribution in [0.3, 0.4) is 0 Å². The average molecular weight is 268 g/mol. The second-order valence-corrected chi connectivity index (χ2v) is 4.02. The minimum absolute atomic E-state index is 0.0448. The van der Waals surface area contributed by atoms with Gasteiger partial charge in [-0.2, -0.15) is 0 Å². The van der Waals surface area contributed by atoms with E-state index < -0.39 is 5.82 Å². The van der Waals surface area contributed by atoms with E-state index in [4.69, 9.17) is 26.8 Å². The minimum atomic E-state index is -0.553. The minimum Gasteiger partial charge on any atom is -0.494 e. The van der Waals surface area contributed by atoms with Gasteiger partial charge in [-0.15, -0.1) is 0 Å². The molecule has 0 saturated heterocycles. The zero-order valence-electron chi connectivity index (χ0n) is 9.61. The SMILES string of the molecule is COc1cc(Oc2ccc(Cl)cc2)c(F)cc1N. The normalized spacial score (nSPS) is 10.2. The molecular formula is C13H11ClFNO2. The summed E-state index contributed by atoms with van der Waals surface area (Å²) < 4.78 is 24.0. The zero-order valence-corrected chi connectivity index (χ0v) is 10.4. The highest BCUT2D eigenvalue weighted by molar-refractivity contribution is 6.30. The Kier molecular flexibility index (Phi) is 3.58. The monoisotopic (exact) mass is 267 g/mol. The molecule has 0 spiro atoms. The number of nitrogens with two attached hydrogens (primary N) is 1. The first-order valence-electron chi connectivity index (χ1n) is 5.16. The molecule has 18 heavy (non-hydrogen) atoms. The lowest BCUT2D eigenvalue weighted by Crippen LogP contribution is -1.96. The first-order valence-corrected chi connectivity index (χ1v) is 5.54. The summed E-state index contributed by atoms with van der Waals surface area (Å²) in [6.07, 6.45) is 0. The summed E-state index contributed by atoms with van der Waals surface area (Å²) in [5, 5.41) is 0.581. The second-order valence-electron chi connectivity index (χ2n) is 3.58. The third-order valence-electron chi connectivity index (χ3n) is 2.33. The van der Waals surface area contributed by atoms with Crippen LogP contribution in [-0.4, -0.2) is 7.11 Å². The number of anilines is 1. The molecule has 0 unspecified atom stereocenters. The van der Waals surface area contributed by atoms with Crippen LogP contribution in [0.1, 0.15) is 0 Å². The van der Waals surface area contributed by atoms with Gasteiger partial charge in [0.25, 0.3) is 0 Å². The van der Waals surface area contributed by atoms with Gasteiger partial charge in [0, 0.05) is 17.2 Å². The van der Waals surface area contributed by atoms with Crippen LogP contribution in [0.25, 0.3) is 0 Å². The maximum Gasteiger partial charge on any atom is 0.168 e. The van der Waals surface area contributed by atoms with Gasteiger partial charge < -0.3 is 15.2 Å². The molecule has 3 nitrogen and oxygen atoms in total. The molecule has 2 aromatic rings. The number of hydrogen-bond donors (Lipinski definition) is 1. The highest BCUT2D eigenvalue weighted by Gasteiger charge is 2.10. The molecule has 0 aliphatic rings. The van der Waals surface area contributed by atoms with Crippen molar-refractivity contribution >= 4 is 17.3 Å². The standard InChI is InChI=1S/C13H11ClFNO2/c1-17-13-7-12(10(15)6-11(13)16)18-9-4-2-8(14)3-5-9/h2-7H,16H2,1H3. The van der Waals surface area contributed by atoms with Crippen molar-refractivity contribution < 1.29 is 13.9 Å². The maximum absolute atomic E-state index is 13.6. The third kappa shape index (κ3) is 2.65. The summed E-state index contributed by atoms with van der Waals surface area (Å²) in [5.74, 6) is 0.331. The molecule has 0 heterocycles. The lowest BCUT2D eigenvalue weighted by molar-refractivity contribution is 0.403. The summed E-state index contributed by atoms with van der Waals surface area (Å²) in [6.45, 7) is 0. The van der Waals surface area contributed by atoms with Crippen LogP contribution >= 0.6 is 11.6 Å². The van der Waals surface area contributed by atoms with Gasteiger partial charge >= 0.3 is 0 Å². The van der Waals surface area contributed by atoms with E-state index in [0.717, 1.165) is 6.07 Å². The summed E-state index contributed by atoms with van der Waals surface area (Å²) in [6, 6.07) is 9.16.